The second kappa shape index (κ2) is 12.4. The zero-order valence-corrected chi connectivity index (χ0v) is 20.4. The molecule has 0 radical (unpaired) electrons. The molecule has 0 saturated heterocycles. The van der Waals surface area contributed by atoms with E-state index in [1.807, 2.05) is 37.4 Å². The van der Waals surface area contributed by atoms with E-state index in [1.165, 1.54) is 25.7 Å². The van der Waals surface area contributed by atoms with Crippen molar-refractivity contribution in [3.63, 3.8) is 0 Å². The Balaban J connectivity index is 1.54. The first-order valence-corrected chi connectivity index (χ1v) is 12.1. The third kappa shape index (κ3) is 6.80. The highest BCUT2D eigenvalue weighted by Crippen LogP contribution is 2.30. The fourth-order valence-electron chi connectivity index (χ4n) is 4.23. The molecule has 6 nitrogen and oxygen atoms in total. The first kappa shape index (κ1) is 24.7. The lowest BCUT2D eigenvalue weighted by molar-refractivity contribution is -0.143. The van der Waals surface area contributed by atoms with Gasteiger partial charge in [0.15, 0.2) is 0 Å². The number of methoxy groups -OCH3 is 1. The number of carbonyl (C=O) groups excluding carboxylic acids is 1. The zero-order chi connectivity index (χ0) is 23.6. The monoisotopic (exact) mass is 451 g/mol. The molecule has 0 spiro atoms. The Morgan fingerprint density at radius 3 is 2.70 bits per heavy atom. The molecule has 1 atom stereocenters. The van der Waals surface area contributed by atoms with Crippen LogP contribution in [0.4, 0.5) is 0 Å². The highest BCUT2D eigenvalue weighted by Gasteiger charge is 2.25. The largest absolute Gasteiger partial charge is 0.494 e. The number of allylic oxidation sites excluding steroid dienone is 2. The number of ether oxygens (including phenoxy) is 2. The number of aromatic amines is 1. The fraction of sp³-hybridized carbons (Fsp3) is 0.519. The molecule has 2 aliphatic rings. The predicted octanol–water partition coefficient (Wildman–Crippen LogP) is 6.08. The summed E-state index contributed by atoms with van der Waals surface area (Å²) in [6.07, 6.45) is 14.0. The van der Waals surface area contributed by atoms with Crippen LogP contribution in [0.25, 0.3) is 0 Å². The van der Waals surface area contributed by atoms with Crippen molar-refractivity contribution in [1.29, 1.82) is 0 Å². The summed E-state index contributed by atoms with van der Waals surface area (Å²) < 4.78 is 11.0. The smallest absolute Gasteiger partial charge is 0.306 e. The Hall–Kier alpha value is -2.89. The first-order valence-electron chi connectivity index (χ1n) is 12.1. The normalized spacial score (nSPS) is 19.1. The van der Waals surface area contributed by atoms with Gasteiger partial charge in [-0.15, -0.1) is 0 Å². The van der Waals surface area contributed by atoms with E-state index in [0.29, 0.717) is 19.4 Å². The number of carbonyl (C=O) groups is 1. The van der Waals surface area contributed by atoms with Gasteiger partial charge >= 0.3 is 5.97 Å². The van der Waals surface area contributed by atoms with E-state index in [2.05, 4.69) is 18.8 Å². The topological polar surface area (TPSA) is 76.0 Å². The van der Waals surface area contributed by atoms with Crippen LogP contribution in [0.15, 0.2) is 63.1 Å². The minimum Gasteiger partial charge on any atom is -0.494 e. The van der Waals surface area contributed by atoms with E-state index in [-0.39, 0.29) is 12.0 Å². The van der Waals surface area contributed by atoms with Crippen molar-refractivity contribution < 1.29 is 14.3 Å². The van der Waals surface area contributed by atoms with Gasteiger partial charge in [-0.3, -0.25) is 9.79 Å². The fourth-order valence-corrected chi connectivity index (χ4v) is 4.23. The first-order chi connectivity index (χ1) is 16.0. The van der Waals surface area contributed by atoms with Crippen molar-refractivity contribution >= 4 is 17.4 Å². The molecule has 0 bridgehead atoms. The van der Waals surface area contributed by atoms with Gasteiger partial charge in [0.05, 0.1) is 31.2 Å². The number of rotatable bonds is 13. The molecule has 178 valence electrons. The molecule has 1 aromatic rings. The molecule has 0 fully saturated rings. The Bertz CT molecular complexity index is 965. The van der Waals surface area contributed by atoms with E-state index in [4.69, 9.17) is 19.5 Å². The van der Waals surface area contributed by atoms with E-state index < -0.39 is 0 Å². The van der Waals surface area contributed by atoms with Crippen LogP contribution in [-0.2, 0) is 14.3 Å². The van der Waals surface area contributed by atoms with E-state index >= 15 is 0 Å². The summed E-state index contributed by atoms with van der Waals surface area (Å²) >= 11 is 0. The Kier molecular flexibility index (Phi) is 9.28. The summed E-state index contributed by atoms with van der Waals surface area (Å²) in [6, 6.07) is 3.83. The molecule has 0 aliphatic carbocycles. The van der Waals surface area contributed by atoms with Crippen LogP contribution in [0.2, 0.25) is 0 Å². The summed E-state index contributed by atoms with van der Waals surface area (Å²) in [7, 11) is 1.65. The van der Waals surface area contributed by atoms with Gasteiger partial charge in [-0.1, -0.05) is 39.0 Å². The highest BCUT2D eigenvalue weighted by atomic mass is 16.5. The molecule has 2 aliphatic heterocycles. The summed E-state index contributed by atoms with van der Waals surface area (Å²) in [4.78, 5) is 24.9. The van der Waals surface area contributed by atoms with Gasteiger partial charge < -0.3 is 14.5 Å². The van der Waals surface area contributed by atoms with Crippen LogP contribution in [0.3, 0.4) is 0 Å². The Morgan fingerprint density at radius 2 is 1.97 bits per heavy atom. The number of H-pyrrole nitrogens is 1. The van der Waals surface area contributed by atoms with Crippen LogP contribution < -0.4 is 0 Å². The van der Waals surface area contributed by atoms with Crippen molar-refractivity contribution in [1.82, 2.24) is 4.98 Å². The molecule has 1 aromatic heterocycles. The van der Waals surface area contributed by atoms with Crippen molar-refractivity contribution in [3.05, 3.63) is 58.8 Å². The number of aromatic nitrogens is 1. The number of esters is 1. The summed E-state index contributed by atoms with van der Waals surface area (Å²) in [6.45, 7) is 6.83. The summed E-state index contributed by atoms with van der Waals surface area (Å²) in [5.41, 5.74) is 5.85. The second-order valence-corrected chi connectivity index (χ2v) is 8.65. The molecular weight excluding hydrogens is 414 g/mol. The molecule has 6 heteroatoms. The second-order valence-electron chi connectivity index (χ2n) is 8.65. The third-order valence-electron chi connectivity index (χ3n) is 6.20. The van der Waals surface area contributed by atoms with Crippen molar-refractivity contribution in [3.8, 4) is 0 Å². The van der Waals surface area contributed by atoms with Crippen LogP contribution >= 0.6 is 0 Å². The highest BCUT2D eigenvalue weighted by molar-refractivity contribution is 6.10. The Labute approximate surface area is 197 Å². The standard InChI is InChI=1S/C27H37N3O3/c1-5-6-7-8-9-10-16-33-27(31)14-13-21-19(2)23(29-20(21)3)17-25-26(32-4)18-24(30-25)22-12-11-15-28-22/h11-12,15,17-18,23,28H,5-10,13-14,16H2,1-4H3/b25-17-. The Morgan fingerprint density at radius 1 is 1.18 bits per heavy atom. The van der Waals surface area contributed by atoms with E-state index in [0.717, 1.165) is 52.6 Å². The third-order valence-corrected chi connectivity index (χ3v) is 6.20. The lowest BCUT2D eigenvalue weighted by Gasteiger charge is -2.09. The number of nitrogens with one attached hydrogen (secondary N) is 1. The molecule has 3 heterocycles. The molecule has 0 amide bonds. The van der Waals surface area contributed by atoms with Crippen LogP contribution in [0, 0.1) is 0 Å². The van der Waals surface area contributed by atoms with Crippen LogP contribution in [0.5, 0.6) is 0 Å². The number of nitrogens with zero attached hydrogens (tertiary/aromatic N) is 2. The maximum Gasteiger partial charge on any atom is 0.306 e. The van der Waals surface area contributed by atoms with Gasteiger partial charge in [0.1, 0.15) is 11.5 Å². The molecule has 1 unspecified atom stereocenters. The molecule has 33 heavy (non-hydrogen) atoms. The minimum atomic E-state index is -0.126. The zero-order valence-electron chi connectivity index (χ0n) is 20.4. The summed E-state index contributed by atoms with van der Waals surface area (Å²) in [5.74, 6) is 0.603. The minimum absolute atomic E-state index is 0.0977. The van der Waals surface area contributed by atoms with Gasteiger partial charge in [-0.25, -0.2) is 4.99 Å². The average Bonchev–Trinajstić information content (AvgIpc) is 3.52. The number of unbranched alkanes of at least 4 members (excludes halogenated alkanes) is 5. The molecule has 0 aromatic carbocycles. The maximum atomic E-state index is 12.2. The van der Waals surface area contributed by atoms with Gasteiger partial charge in [0, 0.05) is 24.4 Å². The quantitative estimate of drug-likeness (QED) is 0.292. The van der Waals surface area contributed by atoms with Gasteiger partial charge in [0.25, 0.3) is 0 Å². The number of hydrogen-bond acceptors (Lipinski definition) is 5. The van der Waals surface area contributed by atoms with Crippen molar-refractivity contribution in [2.45, 2.75) is 78.2 Å². The average molecular weight is 452 g/mol. The maximum absolute atomic E-state index is 12.2. The van der Waals surface area contributed by atoms with Crippen LogP contribution in [-0.4, -0.2) is 42.1 Å². The van der Waals surface area contributed by atoms with Crippen molar-refractivity contribution in [2.24, 2.45) is 9.98 Å². The lowest BCUT2D eigenvalue weighted by atomic mass is 9.99. The van der Waals surface area contributed by atoms with Gasteiger partial charge in [-0.05, 0) is 56.0 Å². The van der Waals surface area contributed by atoms with Crippen LogP contribution in [0.1, 0.15) is 77.8 Å². The lowest BCUT2D eigenvalue weighted by Crippen LogP contribution is -2.08. The van der Waals surface area contributed by atoms with E-state index in [9.17, 15) is 4.79 Å². The SMILES string of the molecule is CCCCCCCCOC(=O)CCC1=C(C)C(/C=C2\N=C(c3ccc[nH]3)C=C2OC)N=C1C. The van der Waals surface area contributed by atoms with Crippen molar-refractivity contribution in [2.75, 3.05) is 13.7 Å². The van der Waals surface area contributed by atoms with Gasteiger partial charge in [0.2, 0.25) is 0 Å². The van der Waals surface area contributed by atoms with E-state index in [1.54, 1.807) is 7.11 Å². The molecule has 3 rings (SSSR count). The summed E-state index contributed by atoms with van der Waals surface area (Å²) in [5, 5.41) is 0. The molecule has 1 N–H and O–H groups in total. The molecule has 0 saturated carbocycles. The molecular formula is C27H37N3O3. The predicted molar refractivity (Wildman–Crippen MR) is 134 cm³/mol. The number of aliphatic imine (C=N–C) groups is 2. The number of hydrogen-bond donors (Lipinski definition) is 1. The van der Waals surface area contributed by atoms with Gasteiger partial charge in [-0.2, -0.15) is 0 Å².